The van der Waals surface area contributed by atoms with Crippen molar-refractivity contribution in [3.8, 4) is 5.75 Å². The molecule has 0 radical (unpaired) electrons. The molecule has 4 heteroatoms. The fourth-order valence-electron chi connectivity index (χ4n) is 3.87. The van der Waals surface area contributed by atoms with Crippen molar-refractivity contribution >= 4 is 5.97 Å². The predicted octanol–water partition coefficient (Wildman–Crippen LogP) is 8.70. The zero-order valence-electron chi connectivity index (χ0n) is 21.1. The molecule has 0 saturated carbocycles. The van der Waals surface area contributed by atoms with Crippen LogP contribution >= 0.6 is 0 Å². The van der Waals surface area contributed by atoms with Gasteiger partial charge in [-0.15, -0.1) is 0 Å². The number of allylic oxidation sites excluding steroid dienone is 1. The first-order valence-corrected chi connectivity index (χ1v) is 13.5. The largest absolute Gasteiger partial charge is 0.494 e. The highest BCUT2D eigenvalue weighted by Gasteiger charge is 2.07. The molecule has 0 atom stereocenters. The molecule has 0 aliphatic carbocycles. The van der Waals surface area contributed by atoms with Crippen LogP contribution in [0.2, 0.25) is 0 Å². The highest BCUT2D eigenvalue weighted by atomic mass is 16.5. The first kappa shape index (κ1) is 29.1. The lowest BCUT2D eigenvalue weighted by Crippen LogP contribution is -2.06. The SMILES string of the molecule is CCCCCCCCCC=C(OCCCCCCCCCCCOc1ccccc1)C(=O)O. The van der Waals surface area contributed by atoms with Crippen LogP contribution in [0, 0.1) is 0 Å². The van der Waals surface area contributed by atoms with E-state index in [0.29, 0.717) is 6.61 Å². The molecule has 0 aromatic heterocycles. The summed E-state index contributed by atoms with van der Waals surface area (Å²) in [6.45, 7) is 3.54. The third-order valence-electron chi connectivity index (χ3n) is 5.91. The second-order valence-electron chi connectivity index (χ2n) is 8.98. The van der Waals surface area contributed by atoms with E-state index in [1.807, 2.05) is 30.3 Å². The van der Waals surface area contributed by atoms with Crippen molar-refractivity contribution in [3.63, 3.8) is 0 Å². The van der Waals surface area contributed by atoms with Crippen LogP contribution in [0.25, 0.3) is 0 Å². The van der Waals surface area contributed by atoms with Crippen molar-refractivity contribution in [1.82, 2.24) is 0 Å². The van der Waals surface area contributed by atoms with Crippen LogP contribution in [-0.2, 0) is 9.53 Å². The number of hydrogen-bond donors (Lipinski definition) is 1. The van der Waals surface area contributed by atoms with E-state index >= 15 is 0 Å². The number of carboxylic acid groups (broad SMARTS) is 1. The first-order chi connectivity index (χ1) is 16.2. The van der Waals surface area contributed by atoms with E-state index in [1.54, 1.807) is 6.08 Å². The van der Waals surface area contributed by atoms with Gasteiger partial charge in [-0.1, -0.05) is 109 Å². The molecule has 0 aliphatic heterocycles. The van der Waals surface area contributed by atoms with Crippen LogP contribution in [0.1, 0.15) is 116 Å². The summed E-state index contributed by atoms with van der Waals surface area (Å²) in [5, 5.41) is 9.31. The minimum Gasteiger partial charge on any atom is -0.494 e. The number of ether oxygens (including phenoxy) is 2. The van der Waals surface area contributed by atoms with Gasteiger partial charge >= 0.3 is 5.97 Å². The molecule has 1 aromatic carbocycles. The third kappa shape index (κ3) is 18.2. The van der Waals surface area contributed by atoms with Crippen molar-refractivity contribution in [2.45, 2.75) is 116 Å². The zero-order valence-corrected chi connectivity index (χ0v) is 21.1. The maximum Gasteiger partial charge on any atom is 0.370 e. The molecule has 0 spiro atoms. The van der Waals surface area contributed by atoms with Crippen molar-refractivity contribution in [1.29, 1.82) is 0 Å². The molecule has 4 nitrogen and oxygen atoms in total. The van der Waals surface area contributed by atoms with Gasteiger partial charge in [-0.3, -0.25) is 0 Å². The fourth-order valence-corrected chi connectivity index (χ4v) is 3.87. The van der Waals surface area contributed by atoms with Gasteiger partial charge in [0.25, 0.3) is 0 Å². The molecule has 0 amide bonds. The number of rotatable bonds is 23. The van der Waals surface area contributed by atoms with Crippen molar-refractivity contribution in [2.75, 3.05) is 13.2 Å². The summed E-state index contributed by atoms with van der Waals surface area (Å²) in [5.74, 6) is 0.157. The van der Waals surface area contributed by atoms with Crippen LogP contribution in [0.3, 0.4) is 0 Å². The number of carboxylic acids is 1. The Morgan fingerprint density at radius 1 is 0.727 bits per heavy atom. The standard InChI is InChI=1S/C29H48O4/c1-2-3-4-5-6-10-13-19-24-28(29(30)31)33-26-21-15-12-9-7-8-11-14-20-25-32-27-22-17-16-18-23-27/h16-18,22-24H,2-15,19-21,25-26H2,1H3,(H,30,31). The van der Waals surface area contributed by atoms with E-state index in [4.69, 9.17) is 9.47 Å². The molecule has 0 unspecified atom stereocenters. The number of hydrogen-bond acceptors (Lipinski definition) is 3. The molecule has 0 heterocycles. The highest BCUT2D eigenvalue weighted by Crippen LogP contribution is 2.13. The van der Waals surface area contributed by atoms with Crippen LogP contribution < -0.4 is 4.74 Å². The summed E-state index contributed by atoms with van der Waals surface area (Å²) >= 11 is 0. The van der Waals surface area contributed by atoms with Gasteiger partial charge in [0.1, 0.15) is 5.75 Å². The third-order valence-corrected chi connectivity index (χ3v) is 5.91. The Morgan fingerprint density at radius 3 is 1.82 bits per heavy atom. The summed E-state index contributed by atoms with van der Waals surface area (Å²) in [4.78, 5) is 11.3. The lowest BCUT2D eigenvalue weighted by Gasteiger charge is -2.07. The Hall–Kier alpha value is -1.97. The monoisotopic (exact) mass is 460 g/mol. The fraction of sp³-hybridized carbons (Fsp3) is 0.690. The highest BCUT2D eigenvalue weighted by molar-refractivity contribution is 5.84. The van der Waals surface area contributed by atoms with Gasteiger partial charge in [-0.25, -0.2) is 4.79 Å². The van der Waals surface area contributed by atoms with E-state index in [-0.39, 0.29) is 5.76 Å². The summed E-state index contributed by atoms with van der Waals surface area (Å²) in [5.41, 5.74) is 0. The van der Waals surface area contributed by atoms with Gasteiger partial charge in [0.2, 0.25) is 0 Å². The van der Waals surface area contributed by atoms with Crippen molar-refractivity contribution in [3.05, 3.63) is 42.2 Å². The van der Waals surface area contributed by atoms with E-state index < -0.39 is 5.97 Å². The summed E-state index contributed by atoms with van der Waals surface area (Å²) in [6, 6.07) is 10.0. The molecule has 1 aromatic rings. The summed E-state index contributed by atoms with van der Waals surface area (Å²) < 4.78 is 11.2. The number of aliphatic carboxylic acids is 1. The van der Waals surface area contributed by atoms with Gasteiger partial charge < -0.3 is 14.6 Å². The quantitative estimate of drug-likeness (QED) is 0.101. The molecule has 188 valence electrons. The van der Waals surface area contributed by atoms with Crippen molar-refractivity contribution < 1.29 is 19.4 Å². The lowest BCUT2D eigenvalue weighted by molar-refractivity contribution is -0.136. The minimum atomic E-state index is -0.938. The van der Waals surface area contributed by atoms with Crippen molar-refractivity contribution in [2.24, 2.45) is 0 Å². The Labute approximate surface area is 202 Å². The average Bonchev–Trinajstić information content (AvgIpc) is 2.82. The number of carbonyl (C=O) groups is 1. The maximum atomic E-state index is 11.3. The molecule has 0 fully saturated rings. The summed E-state index contributed by atoms with van der Waals surface area (Å²) in [6.07, 6.45) is 21.9. The molecule has 33 heavy (non-hydrogen) atoms. The second kappa shape index (κ2) is 21.9. The minimum absolute atomic E-state index is 0.136. The van der Waals surface area contributed by atoms with Gasteiger partial charge in [0, 0.05) is 0 Å². The predicted molar refractivity (Wildman–Crippen MR) is 138 cm³/mol. The van der Waals surface area contributed by atoms with Crippen LogP contribution in [0.5, 0.6) is 5.75 Å². The molecular weight excluding hydrogens is 412 g/mol. The second-order valence-corrected chi connectivity index (χ2v) is 8.98. The van der Waals surface area contributed by atoms with Crippen LogP contribution in [0.15, 0.2) is 42.2 Å². The van der Waals surface area contributed by atoms with E-state index in [0.717, 1.165) is 44.5 Å². The molecule has 0 aliphatic rings. The number of para-hydroxylation sites is 1. The number of benzene rings is 1. The summed E-state index contributed by atoms with van der Waals surface area (Å²) in [7, 11) is 0. The zero-order chi connectivity index (χ0) is 23.8. The maximum absolute atomic E-state index is 11.3. The number of unbranched alkanes of at least 4 members (excludes halogenated alkanes) is 15. The molecule has 0 saturated heterocycles. The van der Waals surface area contributed by atoms with Gasteiger partial charge in [-0.2, -0.15) is 0 Å². The van der Waals surface area contributed by atoms with Crippen LogP contribution in [0.4, 0.5) is 0 Å². The average molecular weight is 461 g/mol. The smallest absolute Gasteiger partial charge is 0.370 e. The van der Waals surface area contributed by atoms with E-state index in [1.165, 1.54) is 77.0 Å². The Morgan fingerprint density at radius 2 is 1.24 bits per heavy atom. The normalized spacial score (nSPS) is 11.5. The van der Waals surface area contributed by atoms with Crippen LogP contribution in [-0.4, -0.2) is 24.3 Å². The Balaban J connectivity index is 1.89. The van der Waals surface area contributed by atoms with E-state index in [9.17, 15) is 9.90 Å². The topological polar surface area (TPSA) is 55.8 Å². The lowest BCUT2D eigenvalue weighted by atomic mass is 10.1. The molecule has 0 bridgehead atoms. The molecular formula is C29H48O4. The first-order valence-electron chi connectivity index (χ1n) is 13.5. The molecule has 1 rings (SSSR count). The van der Waals surface area contributed by atoms with Gasteiger partial charge in [0.05, 0.1) is 13.2 Å². The van der Waals surface area contributed by atoms with E-state index in [2.05, 4.69) is 6.92 Å². The Bertz CT molecular complexity index is 597. The Kier molecular flexibility index (Phi) is 19.2. The molecule has 1 N–H and O–H groups in total. The van der Waals surface area contributed by atoms with Gasteiger partial charge in [0.15, 0.2) is 5.76 Å². The van der Waals surface area contributed by atoms with Gasteiger partial charge in [-0.05, 0) is 43.9 Å².